The van der Waals surface area contributed by atoms with Crippen molar-refractivity contribution in [2.45, 2.75) is 43.5 Å². The lowest BCUT2D eigenvalue weighted by Crippen LogP contribution is -2.29. The fraction of sp³-hybridized carbons (Fsp3) is 0.409. The molecule has 0 spiro atoms. The van der Waals surface area contributed by atoms with E-state index in [9.17, 15) is 0 Å². The molecule has 4 heteroatoms. The first kappa shape index (κ1) is 17.4. The second-order valence-corrected chi connectivity index (χ2v) is 7.33. The van der Waals surface area contributed by atoms with Gasteiger partial charge in [-0.1, -0.05) is 37.1 Å². The Labute approximate surface area is 160 Å². The molecular weight excluding hydrogens is 346 g/mol. The molecule has 0 unspecified atom stereocenters. The smallest absolute Gasteiger partial charge is 0.161 e. The van der Waals surface area contributed by atoms with Crippen molar-refractivity contribution in [2.75, 3.05) is 14.2 Å². The van der Waals surface area contributed by atoms with E-state index in [1.54, 1.807) is 14.2 Å². The molecule has 2 aliphatic rings. The van der Waals surface area contributed by atoms with Crippen LogP contribution in [0.2, 0.25) is 0 Å². The number of hydrogen-bond acceptors (Lipinski definition) is 3. The molecule has 1 fully saturated rings. The zero-order valence-electron chi connectivity index (χ0n) is 15.3. The van der Waals surface area contributed by atoms with E-state index in [0.29, 0.717) is 17.8 Å². The molecule has 1 aliphatic carbocycles. The van der Waals surface area contributed by atoms with Crippen LogP contribution in [0.25, 0.3) is 0 Å². The van der Waals surface area contributed by atoms with Crippen LogP contribution in [0.3, 0.4) is 0 Å². The normalized spacial score (nSPS) is 21.4. The number of methoxy groups -OCH3 is 2. The molecule has 2 aromatic rings. The first-order valence-corrected chi connectivity index (χ1v) is 9.78. The van der Waals surface area contributed by atoms with Gasteiger partial charge in [0.25, 0.3) is 0 Å². The third kappa shape index (κ3) is 2.99. The van der Waals surface area contributed by atoms with Crippen LogP contribution in [0.15, 0.2) is 41.4 Å². The summed E-state index contributed by atoms with van der Waals surface area (Å²) in [6, 6.07) is 13.0. The number of halogens is 1. The molecule has 2 aromatic carbocycles. The summed E-state index contributed by atoms with van der Waals surface area (Å²) in [5, 5.41) is 0. The van der Waals surface area contributed by atoms with Crippen molar-refractivity contribution in [2.24, 2.45) is 4.99 Å². The minimum absolute atomic E-state index is 0.358. The molecule has 0 saturated heterocycles. The Morgan fingerprint density at radius 1 is 1.00 bits per heavy atom. The topological polar surface area (TPSA) is 30.8 Å². The van der Waals surface area contributed by atoms with Gasteiger partial charge in [-0.15, -0.1) is 11.6 Å². The second kappa shape index (κ2) is 7.32. The third-order valence-electron chi connectivity index (χ3n) is 5.62. The minimum atomic E-state index is 0.358. The van der Waals surface area contributed by atoms with E-state index in [2.05, 4.69) is 36.4 Å². The van der Waals surface area contributed by atoms with Crippen molar-refractivity contribution in [1.29, 1.82) is 0 Å². The van der Waals surface area contributed by atoms with Gasteiger partial charge >= 0.3 is 0 Å². The Morgan fingerprint density at radius 3 is 2.38 bits per heavy atom. The Bertz CT molecular complexity index is 829. The van der Waals surface area contributed by atoms with E-state index in [-0.39, 0.29) is 0 Å². The number of hydrogen-bond donors (Lipinski definition) is 0. The van der Waals surface area contributed by atoms with Crippen LogP contribution >= 0.6 is 11.6 Å². The van der Waals surface area contributed by atoms with Gasteiger partial charge in [0.2, 0.25) is 0 Å². The highest BCUT2D eigenvalue weighted by atomic mass is 35.5. The maximum Gasteiger partial charge on any atom is 0.161 e. The van der Waals surface area contributed by atoms with Crippen LogP contribution < -0.4 is 9.47 Å². The maximum absolute atomic E-state index is 5.95. The molecule has 0 bridgehead atoms. The largest absolute Gasteiger partial charge is 0.493 e. The predicted molar refractivity (Wildman–Crippen MR) is 106 cm³/mol. The fourth-order valence-electron chi connectivity index (χ4n) is 4.25. The molecule has 4 rings (SSSR count). The summed E-state index contributed by atoms with van der Waals surface area (Å²) >= 11 is 5.95. The van der Waals surface area contributed by atoms with Crippen LogP contribution in [0.1, 0.15) is 53.9 Å². The summed E-state index contributed by atoms with van der Waals surface area (Å²) < 4.78 is 11.1. The summed E-state index contributed by atoms with van der Waals surface area (Å²) in [6.07, 6.45) is 4.87. The van der Waals surface area contributed by atoms with E-state index in [4.69, 9.17) is 26.1 Å². The van der Waals surface area contributed by atoms with E-state index >= 15 is 0 Å². The highest BCUT2D eigenvalue weighted by molar-refractivity contribution is 6.17. The molecule has 0 amide bonds. The standard InChI is InChI=1S/C22H24ClNO2/c1-25-20-11-17-16-5-3-4-6-19(16)24-22(18(17)12-21(20)26-2)15-9-7-14(13-23)8-10-15/h7-12,16,19H,3-6,13H2,1-2H3/t16-,19-/m1/s1. The van der Waals surface area contributed by atoms with Gasteiger partial charge < -0.3 is 9.47 Å². The van der Waals surface area contributed by atoms with Crippen molar-refractivity contribution >= 4 is 17.3 Å². The molecule has 1 saturated carbocycles. The van der Waals surface area contributed by atoms with Crippen LogP contribution in [0.5, 0.6) is 11.5 Å². The first-order valence-electron chi connectivity index (χ1n) is 9.24. The molecular formula is C22H24ClNO2. The number of ether oxygens (including phenoxy) is 2. The second-order valence-electron chi connectivity index (χ2n) is 7.06. The van der Waals surface area contributed by atoms with Gasteiger partial charge in [-0.25, -0.2) is 0 Å². The lowest BCUT2D eigenvalue weighted by atomic mass is 9.75. The van der Waals surface area contributed by atoms with Crippen molar-refractivity contribution in [3.63, 3.8) is 0 Å². The minimum Gasteiger partial charge on any atom is -0.493 e. The van der Waals surface area contributed by atoms with Gasteiger partial charge in [0, 0.05) is 22.9 Å². The zero-order chi connectivity index (χ0) is 18.1. The summed E-state index contributed by atoms with van der Waals surface area (Å²) in [4.78, 5) is 5.19. The van der Waals surface area contributed by atoms with Gasteiger partial charge in [0.05, 0.1) is 26.0 Å². The molecule has 0 radical (unpaired) electrons. The maximum atomic E-state index is 5.95. The predicted octanol–water partition coefficient (Wildman–Crippen LogP) is 5.32. The summed E-state index contributed by atoms with van der Waals surface area (Å²) in [5.41, 5.74) is 5.83. The lowest BCUT2D eigenvalue weighted by Gasteiger charge is -2.35. The molecule has 2 atom stereocenters. The molecule has 0 N–H and O–H groups in total. The highest BCUT2D eigenvalue weighted by Gasteiger charge is 2.34. The number of fused-ring (bicyclic) bond motifs is 3. The number of rotatable bonds is 4. The van der Waals surface area contributed by atoms with Gasteiger partial charge in [-0.05, 0) is 36.1 Å². The van der Waals surface area contributed by atoms with Gasteiger partial charge in [0.15, 0.2) is 11.5 Å². The van der Waals surface area contributed by atoms with Crippen molar-refractivity contribution < 1.29 is 9.47 Å². The number of aliphatic imine (C=N–C) groups is 1. The average molecular weight is 370 g/mol. The van der Waals surface area contributed by atoms with Crippen LogP contribution in [0.4, 0.5) is 0 Å². The third-order valence-corrected chi connectivity index (χ3v) is 5.92. The van der Waals surface area contributed by atoms with E-state index < -0.39 is 0 Å². The van der Waals surface area contributed by atoms with Crippen LogP contribution in [-0.4, -0.2) is 26.0 Å². The Kier molecular flexibility index (Phi) is 4.90. The Balaban J connectivity index is 1.87. The highest BCUT2D eigenvalue weighted by Crippen LogP contribution is 2.44. The molecule has 0 aromatic heterocycles. The molecule has 26 heavy (non-hydrogen) atoms. The molecule has 1 heterocycles. The average Bonchev–Trinajstić information content (AvgIpc) is 2.72. The zero-order valence-corrected chi connectivity index (χ0v) is 16.1. The number of alkyl halides is 1. The van der Waals surface area contributed by atoms with E-state index in [1.807, 2.05) is 0 Å². The van der Waals surface area contributed by atoms with Crippen LogP contribution in [-0.2, 0) is 5.88 Å². The van der Waals surface area contributed by atoms with Crippen LogP contribution in [0, 0.1) is 0 Å². The Hall–Kier alpha value is -2.00. The summed E-state index contributed by atoms with van der Waals surface area (Å²) in [5.74, 6) is 2.56. The summed E-state index contributed by atoms with van der Waals surface area (Å²) in [7, 11) is 3.38. The molecule has 1 aliphatic heterocycles. The number of benzene rings is 2. The number of nitrogens with zero attached hydrogens (tertiary/aromatic N) is 1. The van der Waals surface area contributed by atoms with Crippen molar-refractivity contribution in [1.82, 2.24) is 0 Å². The fourth-order valence-corrected chi connectivity index (χ4v) is 4.43. The molecule has 136 valence electrons. The van der Waals surface area contributed by atoms with Crippen molar-refractivity contribution in [3.05, 3.63) is 58.7 Å². The van der Waals surface area contributed by atoms with E-state index in [0.717, 1.165) is 34.8 Å². The van der Waals surface area contributed by atoms with Gasteiger partial charge in [0.1, 0.15) is 0 Å². The molecule has 3 nitrogen and oxygen atoms in total. The lowest BCUT2D eigenvalue weighted by molar-refractivity contribution is 0.349. The first-order chi connectivity index (χ1) is 12.7. The van der Waals surface area contributed by atoms with Crippen molar-refractivity contribution in [3.8, 4) is 11.5 Å². The summed E-state index contributed by atoms with van der Waals surface area (Å²) in [6.45, 7) is 0. The SMILES string of the molecule is COc1cc2c(cc1OC)[C@H]1CCCC[C@H]1N=C2c1ccc(CCl)cc1. The van der Waals surface area contributed by atoms with E-state index in [1.165, 1.54) is 30.4 Å². The Morgan fingerprint density at radius 2 is 1.69 bits per heavy atom. The monoisotopic (exact) mass is 369 g/mol. The van der Waals surface area contributed by atoms with Gasteiger partial charge in [-0.2, -0.15) is 0 Å². The quantitative estimate of drug-likeness (QED) is 0.683. The van der Waals surface area contributed by atoms with Gasteiger partial charge in [-0.3, -0.25) is 4.99 Å².